The third kappa shape index (κ3) is 4.14. The van der Waals surface area contributed by atoms with Crippen LogP contribution in [0.5, 0.6) is 0 Å². The zero-order chi connectivity index (χ0) is 23.2. The number of imide groups is 1. The van der Waals surface area contributed by atoms with E-state index in [0.29, 0.717) is 22.2 Å². The van der Waals surface area contributed by atoms with Crippen molar-refractivity contribution in [3.63, 3.8) is 0 Å². The third-order valence-corrected chi connectivity index (χ3v) is 6.73. The highest BCUT2D eigenvalue weighted by atomic mass is 79.9. The fraction of sp³-hybridized carbons (Fsp3) is 0.348. The molecule has 0 spiro atoms. The van der Waals surface area contributed by atoms with Gasteiger partial charge >= 0.3 is 12.0 Å². The van der Waals surface area contributed by atoms with Crippen molar-refractivity contribution in [2.24, 2.45) is 5.92 Å². The number of fused-ring (bicyclic) bond motifs is 1. The minimum Gasteiger partial charge on any atom is -0.460 e. The quantitative estimate of drug-likeness (QED) is 0.373. The molecule has 3 amide bonds. The Labute approximate surface area is 204 Å². The summed E-state index contributed by atoms with van der Waals surface area (Å²) in [5.74, 6) is -1.04. The second-order valence-corrected chi connectivity index (χ2v) is 10.2. The number of benzene rings is 2. The Morgan fingerprint density at radius 3 is 2.38 bits per heavy atom. The van der Waals surface area contributed by atoms with Crippen molar-refractivity contribution in [2.75, 3.05) is 11.4 Å². The minimum atomic E-state index is -1.17. The lowest BCUT2D eigenvalue weighted by Crippen LogP contribution is -2.47. The number of carbonyl (C=O) groups excluding carboxylic acids is 3. The molecule has 0 aliphatic carbocycles. The lowest BCUT2D eigenvalue weighted by Gasteiger charge is -2.28. The summed E-state index contributed by atoms with van der Waals surface area (Å²) in [5.41, 5.74) is 0.0423. The van der Waals surface area contributed by atoms with Crippen LogP contribution in [-0.2, 0) is 20.7 Å². The third-order valence-electron chi connectivity index (χ3n) is 5.76. The Morgan fingerprint density at radius 1 is 1.16 bits per heavy atom. The Bertz CT molecular complexity index is 1070. The average molecular weight is 540 g/mol. The molecule has 0 radical (unpaired) electrons. The van der Waals surface area contributed by atoms with Crippen molar-refractivity contribution >= 4 is 62.7 Å². The van der Waals surface area contributed by atoms with E-state index in [2.05, 4.69) is 15.9 Å². The molecule has 2 aliphatic rings. The van der Waals surface area contributed by atoms with Gasteiger partial charge in [-0.25, -0.2) is 9.69 Å². The van der Waals surface area contributed by atoms with Gasteiger partial charge in [-0.15, -0.1) is 0 Å². The zero-order valence-corrected chi connectivity index (χ0v) is 20.6. The molecular weight excluding hydrogens is 519 g/mol. The molecule has 0 N–H and O–H groups in total. The number of nitrogens with zero attached hydrogens (tertiary/aromatic N) is 2. The predicted octanol–water partition coefficient (Wildman–Crippen LogP) is 5.48. The molecule has 2 heterocycles. The zero-order valence-electron chi connectivity index (χ0n) is 17.5. The Hall–Kier alpha value is -2.09. The maximum atomic E-state index is 13.8. The molecule has 0 aromatic heterocycles. The summed E-state index contributed by atoms with van der Waals surface area (Å²) in [6, 6.07) is 11.7. The number of anilines is 1. The number of rotatable bonds is 5. The summed E-state index contributed by atoms with van der Waals surface area (Å²) < 4.78 is 6.53. The van der Waals surface area contributed by atoms with Gasteiger partial charge in [0.1, 0.15) is 11.6 Å². The van der Waals surface area contributed by atoms with Crippen molar-refractivity contribution in [1.29, 1.82) is 0 Å². The molecule has 168 valence electrons. The number of halogens is 3. The molecule has 4 rings (SSSR count). The summed E-state index contributed by atoms with van der Waals surface area (Å²) in [5, 5.41) is 0.650. The summed E-state index contributed by atoms with van der Waals surface area (Å²) in [4.78, 5) is 42.1. The van der Waals surface area contributed by atoms with Gasteiger partial charge in [0.25, 0.3) is 5.91 Å². The first-order valence-corrected chi connectivity index (χ1v) is 11.7. The molecule has 2 aromatic rings. The standard InChI is InChI=1S/C23H21BrCl2N2O4/c1-13(2)20(29)32-19-11-23(10-14-3-5-15(24)6-4-14)21(30)28(22(31)27(23)12-19)18-8-16(25)7-17(26)9-18/h3-9,13,19H,10-12H2,1-2H3/t19-,23-/m0/s1. The van der Waals surface area contributed by atoms with Gasteiger partial charge in [0.05, 0.1) is 18.2 Å². The molecule has 2 aromatic carbocycles. The lowest BCUT2D eigenvalue weighted by atomic mass is 9.87. The van der Waals surface area contributed by atoms with Crippen LogP contribution in [0.4, 0.5) is 10.5 Å². The highest BCUT2D eigenvalue weighted by molar-refractivity contribution is 9.10. The highest BCUT2D eigenvalue weighted by Crippen LogP contribution is 2.44. The van der Waals surface area contributed by atoms with Gasteiger partial charge in [-0.05, 0) is 35.9 Å². The smallest absolute Gasteiger partial charge is 0.332 e. The molecule has 0 saturated carbocycles. The maximum Gasteiger partial charge on any atom is 0.332 e. The number of amides is 3. The topological polar surface area (TPSA) is 66.9 Å². The molecule has 2 saturated heterocycles. The summed E-state index contributed by atoms with van der Waals surface area (Å²) in [6.45, 7) is 3.64. The average Bonchev–Trinajstić information content (AvgIpc) is 3.16. The van der Waals surface area contributed by atoms with E-state index in [1.165, 1.54) is 23.1 Å². The van der Waals surface area contributed by atoms with E-state index < -0.39 is 17.7 Å². The summed E-state index contributed by atoms with van der Waals surface area (Å²) in [6.07, 6.45) is -0.0409. The second kappa shape index (κ2) is 8.69. The Balaban J connectivity index is 1.72. The molecule has 32 heavy (non-hydrogen) atoms. The number of urea groups is 1. The van der Waals surface area contributed by atoms with Crippen LogP contribution in [0, 0.1) is 5.92 Å². The predicted molar refractivity (Wildman–Crippen MR) is 126 cm³/mol. The van der Waals surface area contributed by atoms with E-state index in [9.17, 15) is 14.4 Å². The van der Waals surface area contributed by atoms with Crippen molar-refractivity contribution in [3.8, 4) is 0 Å². The highest BCUT2D eigenvalue weighted by Gasteiger charge is 2.63. The molecule has 0 bridgehead atoms. The van der Waals surface area contributed by atoms with E-state index in [1.54, 1.807) is 13.8 Å². The monoisotopic (exact) mass is 538 g/mol. The van der Waals surface area contributed by atoms with Crippen LogP contribution in [0.3, 0.4) is 0 Å². The molecular formula is C23H21BrCl2N2O4. The largest absolute Gasteiger partial charge is 0.460 e. The Kier molecular flexibility index (Phi) is 6.27. The number of hydrogen-bond acceptors (Lipinski definition) is 4. The van der Waals surface area contributed by atoms with Gasteiger partial charge in [-0.1, -0.05) is 65.1 Å². The number of hydrogen-bond donors (Lipinski definition) is 0. The van der Waals surface area contributed by atoms with Crippen LogP contribution >= 0.6 is 39.1 Å². The fourth-order valence-electron chi connectivity index (χ4n) is 4.27. The van der Waals surface area contributed by atoms with Crippen LogP contribution in [-0.4, -0.2) is 41.0 Å². The summed E-state index contributed by atoms with van der Waals surface area (Å²) in [7, 11) is 0. The van der Waals surface area contributed by atoms with Crippen LogP contribution in [0.1, 0.15) is 25.8 Å². The van der Waals surface area contributed by atoms with Crippen LogP contribution < -0.4 is 4.90 Å². The van der Waals surface area contributed by atoms with Gasteiger partial charge in [0.15, 0.2) is 0 Å². The minimum absolute atomic E-state index is 0.143. The van der Waals surface area contributed by atoms with Gasteiger partial charge in [-0.2, -0.15) is 0 Å². The number of esters is 1. The molecule has 2 aliphatic heterocycles. The van der Waals surface area contributed by atoms with Crippen LogP contribution in [0.25, 0.3) is 0 Å². The van der Waals surface area contributed by atoms with Crippen LogP contribution in [0.15, 0.2) is 46.9 Å². The molecule has 9 heteroatoms. The van der Waals surface area contributed by atoms with Crippen LogP contribution in [0.2, 0.25) is 10.0 Å². The van der Waals surface area contributed by atoms with Gasteiger partial charge in [0.2, 0.25) is 0 Å². The first-order valence-electron chi connectivity index (χ1n) is 10.2. The SMILES string of the molecule is CC(C)C(=O)O[C@@H]1CN2C(=O)N(c3cc(Cl)cc(Cl)c3)C(=O)[C@]2(Cc2ccc(Br)cc2)C1. The van der Waals surface area contributed by atoms with E-state index in [-0.39, 0.29) is 30.8 Å². The molecule has 6 nitrogen and oxygen atoms in total. The van der Waals surface area contributed by atoms with E-state index in [0.717, 1.165) is 14.9 Å². The number of ether oxygens (including phenoxy) is 1. The van der Waals surface area contributed by atoms with E-state index in [4.69, 9.17) is 27.9 Å². The van der Waals surface area contributed by atoms with Gasteiger partial charge in [-0.3, -0.25) is 9.59 Å². The van der Waals surface area contributed by atoms with E-state index in [1.807, 2.05) is 24.3 Å². The van der Waals surface area contributed by atoms with Crippen molar-refractivity contribution in [2.45, 2.75) is 38.3 Å². The normalized spacial score (nSPS) is 22.6. The molecule has 2 atom stereocenters. The fourth-order valence-corrected chi connectivity index (χ4v) is 5.05. The first kappa shape index (κ1) is 23.1. The lowest BCUT2D eigenvalue weighted by molar-refractivity contribution is -0.152. The maximum absolute atomic E-state index is 13.8. The summed E-state index contributed by atoms with van der Waals surface area (Å²) >= 11 is 15.7. The molecule has 0 unspecified atom stereocenters. The first-order chi connectivity index (χ1) is 15.1. The van der Waals surface area contributed by atoms with Crippen molar-refractivity contribution in [3.05, 3.63) is 62.5 Å². The van der Waals surface area contributed by atoms with Gasteiger partial charge < -0.3 is 9.64 Å². The van der Waals surface area contributed by atoms with Crippen molar-refractivity contribution < 1.29 is 19.1 Å². The van der Waals surface area contributed by atoms with E-state index >= 15 is 0 Å². The Morgan fingerprint density at radius 2 is 1.78 bits per heavy atom. The number of carbonyl (C=O) groups is 3. The molecule has 2 fully saturated rings. The second-order valence-electron chi connectivity index (χ2n) is 8.41. The van der Waals surface area contributed by atoms with Gasteiger partial charge in [0, 0.05) is 27.4 Å². The van der Waals surface area contributed by atoms with Crippen molar-refractivity contribution in [1.82, 2.24) is 4.90 Å².